The molecule has 1 fully saturated rings. The van der Waals surface area contributed by atoms with Gasteiger partial charge < -0.3 is 0 Å². The molecule has 2 aromatic rings. The highest BCUT2D eigenvalue weighted by Crippen LogP contribution is 2.31. The third-order valence-corrected chi connectivity index (χ3v) is 4.25. The first-order valence-corrected chi connectivity index (χ1v) is 7.95. The lowest BCUT2D eigenvalue weighted by atomic mass is 10.0. The van der Waals surface area contributed by atoms with Crippen molar-refractivity contribution in [3.63, 3.8) is 0 Å². The van der Waals surface area contributed by atoms with Gasteiger partial charge >= 0.3 is 0 Å². The van der Waals surface area contributed by atoms with Gasteiger partial charge in [0.25, 0.3) is 5.91 Å². The minimum atomic E-state index is -0.539. The number of carbonyl (C=O) groups excluding carboxylic acids is 1. The molecular weight excluding hydrogens is 308 g/mol. The molecule has 3 N–H and O–H groups in total. The molecule has 1 saturated heterocycles. The van der Waals surface area contributed by atoms with Crippen LogP contribution in [0, 0.1) is 0 Å². The summed E-state index contributed by atoms with van der Waals surface area (Å²) in [6, 6.07) is 8.55. The van der Waals surface area contributed by atoms with Crippen LogP contribution in [0.1, 0.15) is 35.8 Å². The largest absolute Gasteiger partial charge is 0.296 e. The van der Waals surface area contributed by atoms with E-state index in [-0.39, 0.29) is 0 Å². The van der Waals surface area contributed by atoms with Gasteiger partial charge in [-0.15, -0.1) is 5.10 Å². The minimum Gasteiger partial charge on any atom is -0.296 e. The summed E-state index contributed by atoms with van der Waals surface area (Å²) < 4.78 is 0. The Balaban J connectivity index is 1.62. The Morgan fingerprint density at radius 3 is 2.96 bits per heavy atom. The second-order valence-electron chi connectivity index (χ2n) is 5.77. The van der Waals surface area contributed by atoms with Gasteiger partial charge in [-0.3, -0.25) is 14.9 Å². The zero-order chi connectivity index (χ0) is 16.8. The van der Waals surface area contributed by atoms with Gasteiger partial charge in [-0.2, -0.15) is 0 Å². The van der Waals surface area contributed by atoms with Crippen LogP contribution < -0.4 is 5.48 Å². The van der Waals surface area contributed by atoms with Crippen LogP contribution in [0.25, 0.3) is 6.08 Å². The molecule has 1 aromatic carbocycles. The third kappa shape index (κ3) is 4.03. The van der Waals surface area contributed by atoms with Crippen molar-refractivity contribution in [1.29, 1.82) is 0 Å². The molecule has 1 unspecified atom stereocenters. The van der Waals surface area contributed by atoms with E-state index in [1.807, 2.05) is 12.1 Å². The maximum atomic E-state index is 11.0. The van der Waals surface area contributed by atoms with Gasteiger partial charge in [0.15, 0.2) is 0 Å². The third-order valence-electron chi connectivity index (χ3n) is 4.25. The fourth-order valence-corrected chi connectivity index (χ4v) is 3.04. The van der Waals surface area contributed by atoms with Crippen molar-refractivity contribution in [1.82, 2.24) is 31.0 Å². The van der Waals surface area contributed by atoms with Gasteiger partial charge in [-0.05, 0) is 47.0 Å². The maximum Gasteiger partial charge on any atom is 0.267 e. The summed E-state index contributed by atoms with van der Waals surface area (Å²) in [7, 11) is 0. The van der Waals surface area contributed by atoms with Gasteiger partial charge in [0, 0.05) is 25.1 Å². The van der Waals surface area contributed by atoms with E-state index in [4.69, 9.17) is 5.21 Å². The molecule has 1 amide bonds. The van der Waals surface area contributed by atoms with E-state index >= 15 is 0 Å². The van der Waals surface area contributed by atoms with E-state index in [9.17, 15) is 4.79 Å². The first-order valence-electron chi connectivity index (χ1n) is 7.95. The second kappa shape index (κ2) is 7.80. The van der Waals surface area contributed by atoms with Crippen molar-refractivity contribution in [3.8, 4) is 0 Å². The van der Waals surface area contributed by atoms with Crippen LogP contribution in [0.3, 0.4) is 0 Å². The normalized spacial score (nSPS) is 18.3. The highest BCUT2D eigenvalue weighted by Gasteiger charge is 2.25. The topological polar surface area (TPSA) is 107 Å². The fourth-order valence-electron chi connectivity index (χ4n) is 3.04. The molecule has 0 saturated carbocycles. The fraction of sp³-hybridized carbons (Fsp3) is 0.375. The lowest BCUT2D eigenvalue weighted by Crippen LogP contribution is -2.26. The number of hydroxylamine groups is 1. The average molecular weight is 328 g/mol. The van der Waals surface area contributed by atoms with E-state index in [0.29, 0.717) is 6.04 Å². The Labute approximate surface area is 139 Å². The molecule has 1 atom stereocenters. The van der Waals surface area contributed by atoms with Gasteiger partial charge in [0.1, 0.15) is 5.82 Å². The van der Waals surface area contributed by atoms with E-state index in [1.54, 1.807) is 11.6 Å². The van der Waals surface area contributed by atoms with Crippen molar-refractivity contribution >= 4 is 12.0 Å². The van der Waals surface area contributed by atoms with Crippen LogP contribution in [0.4, 0.5) is 0 Å². The Kier molecular flexibility index (Phi) is 5.29. The Hall–Kier alpha value is -2.58. The first-order chi connectivity index (χ1) is 11.8. The summed E-state index contributed by atoms with van der Waals surface area (Å²) in [5.74, 6) is 0.270. The molecule has 8 heteroatoms. The molecule has 1 aliphatic rings. The summed E-state index contributed by atoms with van der Waals surface area (Å²) in [6.45, 7) is 1.99. The lowest BCUT2D eigenvalue weighted by Gasteiger charge is -2.24. The van der Waals surface area contributed by atoms with Crippen LogP contribution >= 0.6 is 0 Å². The van der Waals surface area contributed by atoms with Crippen LogP contribution in [-0.4, -0.2) is 49.7 Å². The Bertz CT molecular complexity index is 683. The zero-order valence-corrected chi connectivity index (χ0v) is 13.2. The molecule has 1 aromatic heterocycles. The SMILES string of the molecule is O=C(C=Cc1ccc(C2CCCN2CCc2nnn[nH]2)cc1)NO. The number of H-pyrrole nitrogens is 1. The number of aromatic nitrogens is 4. The number of rotatable bonds is 6. The van der Waals surface area contributed by atoms with E-state index in [1.165, 1.54) is 18.1 Å². The van der Waals surface area contributed by atoms with E-state index in [2.05, 4.69) is 37.7 Å². The molecule has 3 rings (SSSR count). The van der Waals surface area contributed by atoms with Crippen LogP contribution in [0.15, 0.2) is 30.3 Å². The number of benzene rings is 1. The molecule has 0 aliphatic carbocycles. The number of amides is 1. The first kappa shape index (κ1) is 16.3. The molecular formula is C16H20N6O2. The number of hydrogen-bond acceptors (Lipinski definition) is 6. The lowest BCUT2D eigenvalue weighted by molar-refractivity contribution is -0.124. The number of carbonyl (C=O) groups is 1. The predicted octanol–water partition coefficient (Wildman–Crippen LogP) is 1.10. The Morgan fingerprint density at radius 2 is 2.25 bits per heavy atom. The van der Waals surface area contributed by atoms with Crippen LogP contribution in [0.2, 0.25) is 0 Å². The van der Waals surface area contributed by atoms with Crippen molar-refractivity contribution in [3.05, 3.63) is 47.3 Å². The molecule has 1 aliphatic heterocycles. The average Bonchev–Trinajstić information content (AvgIpc) is 3.29. The number of hydrogen-bond donors (Lipinski definition) is 3. The monoisotopic (exact) mass is 328 g/mol. The molecule has 0 bridgehead atoms. The number of tetrazole rings is 1. The standard InChI is InChI=1S/C16H20N6O2/c23-16(19-24)8-5-12-3-6-13(7-4-12)14-2-1-10-22(14)11-9-15-17-20-21-18-15/h3-8,14,24H,1-2,9-11H2,(H,19,23)(H,17,18,20,21). The molecule has 24 heavy (non-hydrogen) atoms. The Morgan fingerprint density at radius 1 is 1.42 bits per heavy atom. The highest BCUT2D eigenvalue weighted by atomic mass is 16.5. The second-order valence-corrected chi connectivity index (χ2v) is 5.77. The van der Waals surface area contributed by atoms with Crippen LogP contribution in [-0.2, 0) is 11.2 Å². The quantitative estimate of drug-likeness (QED) is 0.416. The van der Waals surface area contributed by atoms with Gasteiger partial charge in [0.05, 0.1) is 0 Å². The predicted molar refractivity (Wildman–Crippen MR) is 86.8 cm³/mol. The van der Waals surface area contributed by atoms with Crippen molar-refractivity contribution in [2.24, 2.45) is 0 Å². The number of aromatic amines is 1. The molecule has 0 spiro atoms. The summed E-state index contributed by atoms with van der Waals surface area (Å²) in [5, 5.41) is 22.4. The number of nitrogens with one attached hydrogen (secondary N) is 2. The van der Waals surface area contributed by atoms with Crippen molar-refractivity contribution in [2.75, 3.05) is 13.1 Å². The molecule has 0 radical (unpaired) electrons. The molecule has 8 nitrogen and oxygen atoms in total. The minimum absolute atomic E-state index is 0.402. The smallest absolute Gasteiger partial charge is 0.267 e. The van der Waals surface area contributed by atoms with Gasteiger partial charge in [-0.1, -0.05) is 24.3 Å². The number of likely N-dealkylation sites (tertiary alicyclic amines) is 1. The summed E-state index contributed by atoms with van der Waals surface area (Å²) >= 11 is 0. The van der Waals surface area contributed by atoms with E-state index in [0.717, 1.165) is 37.3 Å². The van der Waals surface area contributed by atoms with Gasteiger partial charge in [-0.25, -0.2) is 10.6 Å². The zero-order valence-electron chi connectivity index (χ0n) is 13.2. The van der Waals surface area contributed by atoms with Crippen LogP contribution in [0.5, 0.6) is 0 Å². The summed E-state index contributed by atoms with van der Waals surface area (Å²) in [6.07, 6.45) is 6.08. The number of nitrogens with zero attached hydrogens (tertiary/aromatic N) is 4. The summed E-state index contributed by atoms with van der Waals surface area (Å²) in [5.41, 5.74) is 3.76. The van der Waals surface area contributed by atoms with Gasteiger partial charge in [0.2, 0.25) is 0 Å². The van der Waals surface area contributed by atoms with Crippen molar-refractivity contribution < 1.29 is 10.0 Å². The molecule has 126 valence electrons. The summed E-state index contributed by atoms with van der Waals surface area (Å²) in [4.78, 5) is 13.5. The van der Waals surface area contributed by atoms with Crippen molar-refractivity contribution in [2.45, 2.75) is 25.3 Å². The molecule has 2 heterocycles. The highest BCUT2D eigenvalue weighted by molar-refractivity contribution is 5.90. The maximum absolute atomic E-state index is 11.0. The van der Waals surface area contributed by atoms with E-state index < -0.39 is 5.91 Å².